The maximum Gasteiger partial charge on any atom is 0.340 e. The van der Waals surface area contributed by atoms with Gasteiger partial charge < -0.3 is 18.8 Å². The number of methoxy groups -OCH3 is 1. The summed E-state index contributed by atoms with van der Waals surface area (Å²) in [5.41, 5.74) is 1.19. The minimum absolute atomic E-state index is 0.0517. The largest absolute Gasteiger partial charge is 0.497 e. The van der Waals surface area contributed by atoms with Crippen molar-refractivity contribution in [2.24, 2.45) is 0 Å². The Labute approximate surface area is 133 Å². The zero-order chi connectivity index (χ0) is 16.4. The van der Waals surface area contributed by atoms with E-state index in [1.807, 2.05) is 19.1 Å². The Morgan fingerprint density at radius 2 is 2.04 bits per heavy atom. The number of carbonyl (C=O) groups excluding carboxylic acids is 1. The highest BCUT2D eigenvalue weighted by Crippen LogP contribution is 2.24. The van der Waals surface area contributed by atoms with Gasteiger partial charge in [0.15, 0.2) is 0 Å². The molecule has 0 spiro atoms. The average molecular weight is 317 g/mol. The van der Waals surface area contributed by atoms with E-state index in [2.05, 4.69) is 0 Å². The van der Waals surface area contributed by atoms with E-state index >= 15 is 0 Å². The second-order valence-corrected chi connectivity index (χ2v) is 5.53. The van der Waals surface area contributed by atoms with Crippen molar-refractivity contribution in [1.82, 2.24) is 4.90 Å². The summed E-state index contributed by atoms with van der Waals surface area (Å²) in [5.74, 6) is 0.550. The number of nitrogens with zero attached hydrogens (tertiary/aromatic N) is 1. The number of hydrogen-bond acceptors (Lipinski definition) is 5. The van der Waals surface area contributed by atoms with Crippen LogP contribution in [0.2, 0.25) is 0 Å². The van der Waals surface area contributed by atoms with E-state index < -0.39 is 5.63 Å². The van der Waals surface area contributed by atoms with Gasteiger partial charge in [0.05, 0.1) is 32.3 Å². The summed E-state index contributed by atoms with van der Waals surface area (Å²) in [7, 11) is 1.56. The monoisotopic (exact) mass is 317 g/mol. The predicted molar refractivity (Wildman–Crippen MR) is 84.9 cm³/mol. The van der Waals surface area contributed by atoms with Gasteiger partial charge in [0.1, 0.15) is 11.3 Å². The lowest BCUT2D eigenvalue weighted by Crippen LogP contribution is -2.42. The smallest absolute Gasteiger partial charge is 0.340 e. The van der Waals surface area contributed by atoms with Crippen LogP contribution < -0.4 is 10.4 Å². The van der Waals surface area contributed by atoms with Gasteiger partial charge >= 0.3 is 5.63 Å². The molecule has 0 aliphatic carbocycles. The zero-order valence-electron chi connectivity index (χ0n) is 13.3. The molecule has 1 aliphatic rings. The molecule has 2 aromatic rings. The van der Waals surface area contributed by atoms with Gasteiger partial charge in [-0.15, -0.1) is 0 Å². The lowest BCUT2D eigenvalue weighted by molar-refractivity contribution is -0.134. The van der Waals surface area contributed by atoms with Crippen molar-refractivity contribution in [1.29, 1.82) is 0 Å². The Morgan fingerprint density at radius 1 is 1.30 bits per heavy atom. The summed E-state index contributed by atoms with van der Waals surface area (Å²) in [6.07, 6.45) is 0.0517. The number of rotatable bonds is 3. The number of aryl methyl sites for hydroxylation is 1. The number of hydrogen-bond donors (Lipinski definition) is 0. The maximum absolute atomic E-state index is 12.4. The van der Waals surface area contributed by atoms with Crippen molar-refractivity contribution in [3.8, 4) is 5.75 Å². The van der Waals surface area contributed by atoms with E-state index in [4.69, 9.17) is 13.9 Å². The van der Waals surface area contributed by atoms with Gasteiger partial charge in [-0.3, -0.25) is 4.79 Å². The summed E-state index contributed by atoms with van der Waals surface area (Å²) < 4.78 is 15.8. The molecular weight excluding hydrogens is 298 g/mol. The fourth-order valence-electron chi connectivity index (χ4n) is 2.78. The highest BCUT2D eigenvalue weighted by Gasteiger charge is 2.21. The Hall–Kier alpha value is -2.34. The Bertz CT molecular complexity index is 789. The second kappa shape index (κ2) is 6.42. The Balaban J connectivity index is 1.94. The molecule has 0 saturated carbocycles. The number of amides is 1. The topological polar surface area (TPSA) is 69.0 Å². The van der Waals surface area contributed by atoms with Crippen LogP contribution in [0.25, 0.3) is 11.0 Å². The molecule has 6 heteroatoms. The third kappa shape index (κ3) is 3.07. The quantitative estimate of drug-likeness (QED) is 0.803. The van der Waals surface area contributed by atoms with Crippen LogP contribution in [0, 0.1) is 6.92 Å². The molecular formula is C17H19NO5. The molecule has 1 aliphatic heterocycles. The van der Waals surface area contributed by atoms with Gasteiger partial charge in [-0.2, -0.15) is 0 Å². The molecule has 1 aromatic carbocycles. The predicted octanol–water partition coefficient (Wildman–Crippen LogP) is 1.51. The van der Waals surface area contributed by atoms with Crippen molar-refractivity contribution in [3.05, 3.63) is 39.7 Å². The fraction of sp³-hybridized carbons (Fsp3) is 0.412. The summed E-state index contributed by atoms with van der Waals surface area (Å²) >= 11 is 0. The van der Waals surface area contributed by atoms with Crippen molar-refractivity contribution >= 4 is 16.9 Å². The van der Waals surface area contributed by atoms with E-state index in [0.29, 0.717) is 43.2 Å². The summed E-state index contributed by atoms with van der Waals surface area (Å²) in [6.45, 7) is 4.04. The van der Waals surface area contributed by atoms with Gasteiger partial charge in [-0.1, -0.05) is 0 Å². The van der Waals surface area contributed by atoms with Gasteiger partial charge in [-0.05, 0) is 24.6 Å². The summed E-state index contributed by atoms with van der Waals surface area (Å²) in [5, 5.41) is 0.815. The first-order chi connectivity index (χ1) is 11.1. The van der Waals surface area contributed by atoms with Crippen LogP contribution in [0.5, 0.6) is 5.75 Å². The fourth-order valence-corrected chi connectivity index (χ4v) is 2.78. The van der Waals surface area contributed by atoms with E-state index in [-0.39, 0.29) is 12.3 Å². The number of ether oxygens (including phenoxy) is 2. The summed E-state index contributed by atoms with van der Waals surface area (Å²) in [6, 6.07) is 5.33. The molecule has 122 valence electrons. The lowest BCUT2D eigenvalue weighted by atomic mass is 10.0. The van der Waals surface area contributed by atoms with Crippen LogP contribution in [-0.4, -0.2) is 44.2 Å². The van der Waals surface area contributed by atoms with Gasteiger partial charge in [-0.25, -0.2) is 4.79 Å². The van der Waals surface area contributed by atoms with Crippen LogP contribution in [0.4, 0.5) is 0 Å². The van der Waals surface area contributed by atoms with Gasteiger partial charge in [0.2, 0.25) is 5.91 Å². The third-order valence-corrected chi connectivity index (χ3v) is 4.19. The Morgan fingerprint density at radius 3 is 2.74 bits per heavy atom. The van der Waals surface area contributed by atoms with E-state index in [0.717, 1.165) is 10.9 Å². The SMILES string of the molecule is COc1ccc2c(C)c(CC(=O)N3CCOCC3)c(=O)oc2c1. The molecule has 1 saturated heterocycles. The average Bonchev–Trinajstić information content (AvgIpc) is 2.58. The first-order valence-electron chi connectivity index (χ1n) is 7.56. The molecule has 0 N–H and O–H groups in total. The normalized spacial score (nSPS) is 15.0. The van der Waals surface area contributed by atoms with Crippen molar-refractivity contribution < 1.29 is 18.7 Å². The van der Waals surface area contributed by atoms with Crippen molar-refractivity contribution in [3.63, 3.8) is 0 Å². The molecule has 1 amide bonds. The molecule has 1 fully saturated rings. The van der Waals surface area contributed by atoms with Crippen LogP contribution in [0.15, 0.2) is 27.4 Å². The molecule has 2 heterocycles. The first kappa shape index (κ1) is 15.6. The standard InChI is InChI=1S/C17H19NO5/c1-11-13-4-3-12(21-2)9-15(13)23-17(20)14(11)10-16(19)18-5-7-22-8-6-18/h3-4,9H,5-8,10H2,1-2H3. The molecule has 23 heavy (non-hydrogen) atoms. The van der Waals surface area contributed by atoms with E-state index in [1.54, 1.807) is 18.1 Å². The van der Waals surface area contributed by atoms with E-state index in [9.17, 15) is 9.59 Å². The summed E-state index contributed by atoms with van der Waals surface area (Å²) in [4.78, 5) is 26.4. The molecule has 0 atom stereocenters. The van der Waals surface area contributed by atoms with Gasteiger partial charge in [0.25, 0.3) is 0 Å². The number of morpholine rings is 1. The van der Waals surface area contributed by atoms with Crippen molar-refractivity contribution in [2.75, 3.05) is 33.4 Å². The molecule has 3 rings (SSSR count). The minimum Gasteiger partial charge on any atom is -0.497 e. The van der Waals surface area contributed by atoms with Gasteiger partial charge in [0, 0.05) is 24.5 Å². The van der Waals surface area contributed by atoms with E-state index in [1.165, 1.54) is 0 Å². The highest BCUT2D eigenvalue weighted by atomic mass is 16.5. The number of fused-ring (bicyclic) bond motifs is 1. The Kier molecular flexibility index (Phi) is 4.34. The third-order valence-electron chi connectivity index (χ3n) is 4.19. The van der Waals surface area contributed by atoms with Crippen LogP contribution in [0.3, 0.4) is 0 Å². The maximum atomic E-state index is 12.4. The highest BCUT2D eigenvalue weighted by molar-refractivity contribution is 5.85. The van der Waals surface area contributed by atoms with Crippen LogP contribution in [0.1, 0.15) is 11.1 Å². The molecule has 0 bridgehead atoms. The molecule has 0 unspecified atom stereocenters. The number of carbonyl (C=O) groups is 1. The minimum atomic E-state index is -0.468. The second-order valence-electron chi connectivity index (χ2n) is 5.53. The lowest BCUT2D eigenvalue weighted by Gasteiger charge is -2.26. The molecule has 0 radical (unpaired) electrons. The van der Waals surface area contributed by atoms with Crippen LogP contribution in [-0.2, 0) is 16.0 Å². The molecule has 6 nitrogen and oxygen atoms in total. The first-order valence-corrected chi connectivity index (χ1v) is 7.56. The zero-order valence-corrected chi connectivity index (χ0v) is 13.3. The van der Waals surface area contributed by atoms with Crippen molar-refractivity contribution in [2.45, 2.75) is 13.3 Å². The van der Waals surface area contributed by atoms with Crippen LogP contribution >= 0.6 is 0 Å². The number of benzene rings is 1. The molecule has 1 aromatic heterocycles.